The molecular formula is C23H40N4O5S. The number of carbonyl (C=O) groups is 1. The molecule has 0 saturated heterocycles. The van der Waals surface area contributed by atoms with Crippen molar-refractivity contribution in [2.24, 2.45) is 5.92 Å². The Labute approximate surface area is 198 Å². The summed E-state index contributed by atoms with van der Waals surface area (Å²) in [5.41, 5.74) is 0.485. The predicted octanol–water partition coefficient (Wildman–Crippen LogP) is 3.10. The van der Waals surface area contributed by atoms with Gasteiger partial charge < -0.3 is 20.1 Å². The molecule has 0 radical (unpaired) electrons. The molecule has 9 nitrogen and oxygen atoms in total. The van der Waals surface area contributed by atoms with Crippen molar-refractivity contribution in [3.8, 4) is 0 Å². The van der Waals surface area contributed by atoms with Gasteiger partial charge in [-0.3, -0.25) is 4.79 Å². The van der Waals surface area contributed by atoms with E-state index in [0.717, 1.165) is 38.4 Å². The van der Waals surface area contributed by atoms with Crippen LogP contribution < -0.4 is 10.6 Å². The quantitative estimate of drug-likeness (QED) is 0.305. The SMILES string of the molecule is CCOCCCNC(=O)[C@H](CC(C)C)Nc1cc(COC2CCCCC2)nc(S(C)(=O)=O)n1. The van der Waals surface area contributed by atoms with Crippen molar-refractivity contribution < 1.29 is 22.7 Å². The van der Waals surface area contributed by atoms with Gasteiger partial charge in [0.15, 0.2) is 0 Å². The number of hydrogen-bond donors (Lipinski definition) is 2. The van der Waals surface area contributed by atoms with Crippen molar-refractivity contribution in [2.45, 2.75) is 89.6 Å². The highest BCUT2D eigenvalue weighted by Gasteiger charge is 2.22. The van der Waals surface area contributed by atoms with Gasteiger partial charge in [0.2, 0.25) is 20.9 Å². The lowest BCUT2D eigenvalue weighted by Gasteiger charge is -2.23. The van der Waals surface area contributed by atoms with Gasteiger partial charge in [0, 0.05) is 32.1 Å². The van der Waals surface area contributed by atoms with Crippen LogP contribution in [0, 0.1) is 5.92 Å². The molecule has 1 aliphatic carbocycles. The summed E-state index contributed by atoms with van der Waals surface area (Å²) in [6.45, 7) is 7.95. The van der Waals surface area contributed by atoms with Crippen LogP contribution in [0.3, 0.4) is 0 Å². The van der Waals surface area contributed by atoms with E-state index in [2.05, 4.69) is 20.6 Å². The molecule has 0 aromatic carbocycles. The Hall–Kier alpha value is -1.78. The lowest BCUT2D eigenvalue weighted by molar-refractivity contribution is -0.122. The molecule has 1 amide bonds. The van der Waals surface area contributed by atoms with E-state index in [1.165, 1.54) is 6.42 Å². The van der Waals surface area contributed by atoms with Gasteiger partial charge in [-0.05, 0) is 38.5 Å². The molecule has 0 bridgehead atoms. The fourth-order valence-electron chi connectivity index (χ4n) is 3.76. The molecule has 1 aromatic rings. The lowest BCUT2D eigenvalue weighted by Crippen LogP contribution is -2.41. The average molecular weight is 485 g/mol. The number of anilines is 1. The number of aromatic nitrogens is 2. The van der Waals surface area contributed by atoms with Crippen LogP contribution in [0.25, 0.3) is 0 Å². The largest absolute Gasteiger partial charge is 0.382 e. The Kier molecular flexibility index (Phi) is 11.5. The maximum absolute atomic E-state index is 12.8. The molecule has 1 fully saturated rings. The van der Waals surface area contributed by atoms with E-state index in [1.54, 1.807) is 6.07 Å². The average Bonchev–Trinajstić information content (AvgIpc) is 2.76. The number of carbonyl (C=O) groups excluding carboxylic acids is 1. The molecule has 1 atom stereocenters. The topological polar surface area (TPSA) is 120 Å². The zero-order valence-corrected chi connectivity index (χ0v) is 21.2. The summed E-state index contributed by atoms with van der Waals surface area (Å²) in [7, 11) is -3.63. The fourth-order valence-corrected chi connectivity index (χ4v) is 4.30. The highest BCUT2D eigenvalue weighted by Crippen LogP contribution is 2.22. The first-order valence-electron chi connectivity index (χ1n) is 12.0. The minimum Gasteiger partial charge on any atom is -0.382 e. The maximum Gasteiger partial charge on any atom is 0.249 e. The number of nitrogens with zero attached hydrogens (tertiary/aromatic N) is 2. The molecule has 188 valence electrons. The van der Waals surface area contributed by atoms with E-state index in [1.807, 2.05) is 20.8 Å². The maximum atomic E-state index is 12.8. The Morgan fingerprint density at radius 2 is 1.94 bits per heavy atom. The van der Waals surface area contributed by atoms with E-state index >= 15 is 0 Å². The number of sulfone groups is 1. The molecule has 0 aliphatic heterocycles. The number of ether oxygens (including phenoxy) is 2. The molecule has 2 rings (SSSR count). The van der Waals surface area contributed by atoms with E-state index in [-0.39, 0.29) is 29.7 Å². The molecule has 1 aromatic heterocycles. The third-order valence-electron chi connectivity index (χ3n) is 5.42. The van der Waals surface area contributed by atoms with Gasteiger partial charge in [-0.25, -0.2) is 18.4 Å². The summed E-state index contributed by atoms with van der Waals surface area (Å²) in [5, 5.41) is 5.80. The van der Waals surface area contributed by atoms with Crippen molar-refractivity contribution in [1.82, 2.24) is 15.3 Å². The van der Waals surface area contributed by atoms with Crippen LogP contribution in [0.4, 0.5) is 5.82 Å². The predicted molar refractivity (Wildman–Crippen MR) is 128 cm³/mol. The van der Waals surface area contributed by atoms with Gasteiger partial charge >= 0.3 is 0 Å². The smallest absolute Gasteiger partial charge is 0.249 e. The van der Waals surface area contributed by atoms with Gasteiger partial charge in [0.25, 0.3) is 0 Å². The summed E-state index contributed by atoms with van der Waals surface area (Å²) in [6.07, 6.45) is 8.08. The van der Waals surface area contributed by atoms with Gasteiger partial charge in [-0.15, -0.1) is 0 Å². The van der Waals surface area contributed by atoms with Crippen LogP contribution in [0.2, 0.25) is 0 Å². The van der Waals surface area contributed by atoms with Crippen molar-refractivity contribution in [3.05, 3.63) is 11.8 Å². The minimum absolute atomic E-state index is 0.153. The summed E-state index contributed by atoms with van der Waals surface area (Å²) in [5.74, 6) is 0.407. The van der Waals surface area contributed by atoms with Gasteiger partial charge in [-0.2, -0.15) is 0 Å². The molecule has 10 heteroatoms. The first kappa shape index (κ1) is 27.5. The van der Waals surface area contributed by atoms with Crippen LogP contribution in [0.5, 0.6) is 0 Å². The Morgan fingerprint density at radius 3 is 2.58 bits per heavy atom. The van der Waals surface area contributed by atoms with Crippen LogP contribution in [-0.4, -0.2) is 62.5 Å². The summed E-state index contributed by atoms with van der Waals surface area (Å²) in [4.78, 5) is 21.2. The Morgan fingerprint density at radius 1 is 1.21 bits per heavy atom. The normalized spacial score (nSPS) is 16.0. The summed E-state index contributed by atoms with van der Waals surface area (Å²) < 4.78 is 35.7. The summed E-state index contributed by atoms with van der Waals surface area (Å²) in [6, 6.07) is 1.12. The second-order valence-electron chi connectivity index (χ2n) is 9.04. The zero-order valence-electron chi connectivity index (χ0n) is 20.4. The number of nitrogens with one attached hydrogen (secondary N) is 2. The standard InChI is InChI=1S/C23H40N4O5S/c1-5-31-13-9-12-24-22(28)20(14-17(2)3)26-21-15-18(25-23(27-21)33(4,29)30)16-32-19-10-7-6-8-11-19/h15,17,19-20H,5-14,16H2,1-4H3,(H,24,28)(H,25,26,27)/t20-/m0/s1. The first-order chi connectivity index (χ1) is 15.7. The molecule has 1 heterocycles. The second-order valence-corrected chi connectivity index (χ2v) is 10.9. The van der Waals surface area contributed by atoms with Crippen LogP contribution in [-0.2, 0) is 30.7 Å². The van der Waals surface area contributed by atoms with Crippen molar-refractivity contribution in [1.29, 1.82) is 0 Å². The molecule has 0 unspecified atom stereocenters. The van der Waals surface area contributed by atoms with Crippen molar-refractivity contribution >= 4 is 21.6 Å². The molecule has 2 N–H and O–H groups in total. The van der Waals surface area contributed by atoms with E-state index in [9.17, 15) is 13.2 Å². The summed E-state index contributed by atoms with van der Waals surface area (Å²) >= 11 is 0. The third-order valence-corrected chi connectivity index (χ3v) is 6.27. The zero-order chi connectivity index (χ0) is 24.3. The van der Waals surface area contributed by atoms with E-state index < -0.39 is 15.9 Å². The third kappa shape index (κ3) is 10.4. The minimum atomic E-state index is -3.63. The monoisotopic (exact) mass is 484 g/mol. The highest BCUT2D eigenvalue weighted by atomic mass is 32.2. The van der Waals surface area contributed by atoms with E-state index in [0.29, 0.717) is 37.7 Å². The molecule has 0 spiro atoms. The molecule has 1 saturated carbocycles. The number of hydrogen-bond acceptors (Lipinski definition) is 8. The number of rotatable bonds is 14. The number of amides is 1. The van der Waals surface area contributed by atoms with Crippen molar-refractivity contribution in [3.63, 3.8) is 0 Å². The van der Waals surface area contributed by atoms with Crippen LogP contribution in [0.15, 0.2) is 11.2 Å². The Balaban J connectivity index is 2.12. The van der Waals surface area contributed by atoms with Crippen LogP contribution in [0.1, 0.15) is 71.4 Å². The molecule has 33 heavy (non-hydrogen) atoms. The van der Waals surface area contributed by atoms with E-state index in [4.69, 9.17) is 9.47 Å². The lowest BCUT2D eigenvalue weighted by atomic mass is 9.98. The van der Waals surface area contributed by atoms with Crippen LogP contribution >= 0.6 is 0 Å². The fraction of sp³-hybridized carbons (Fsp3) is 0.783. The second kappa shape index (κ2) is 13.8. The van der Waals surface area contributed by atoms with Crippen molar-refractivity contribution in [2.75, 3.05) is 31.3 Å². The van der Waals surface area contributed by atoms with Gasteiger partial charge in [-0.1, -0.05) is 33.1 Å². The Bertz CT molecular complexity index is 841. The highest BCUT2D eigenvalue weighted by molar-refractivity contribution is 7.90. The van der Waals surface area contributed by atoms with Gasteiger partial charge in [0.1, 0.15) is 11.9 Å². The van der Waals surface area contributed by atoms with Gasteiger partial charge in [0.05, 0.1) is 18.4 Å². The molecule has 1 aliphatic rings. The molecular weight excluding hydrogens is 444 g/mol. The first-order valence-corrected chi connectivity index (χ1v) is 13.9.